The number of nitrogens with one attached hydrogen (secondary N) is 1. The maximum atomic E-state index is 12.2. The van der Waals surface area contributed by atoms with Crippen molar-refractivity contribution in [3.63, 3.8) is 0 Å². The molecule has 1 aliphatic carbocycles. The van der Waals surface area contributed by atoms with Gasteiger partial charge in [-0.05, 0) is 37.8 Å². The average Bonchev–Trinajstić information content (AvgIpc) is 3.30. The Morgan fingerprint density at radius 3 is 2.59 bits per heavy atom. The van der Waals surface area contributed by atoms with E-state index in [1.165, 1.54) is 24.3 Å². The normalized spacial score (nSPS) is 18.0. The van der Waals surface area contributed by atoms with E-state index >= 15 is 0 Å². The van der Waals surface area contributed by atoms with Crippen molar-refractivity contribution in [2.75, 3.05) is 13.2 Å². The van der Waals surface area contributed by atoms with Gasteiger partial charge in [0.1, 0.15) is 13.2 Å². The molecule has 0 atom stereocenters. The first-order valence-corrected chi connectivity index (χ1v) is 8.59. The third-order valence-corrected chi connectivity index (χ3v) is 4.98. The Kier molecular flexibility index (Phi) is 3.82. The summed E-state index contributed by atoms with van der Waals surface area (Å²) in [6.07, 6.45) is 3.47. The van der Waals surface area contributed by atoms with E-state index in [0.29, 0.717) is 30.6 Å². The topological polar surface area (TPSA) is 81.7 Å². The molecule has 1 N–H and O–H groups in total. The van der Waals surface area contributed by atoms with Crippen LogP contribution >= 0.6 is 0 Å². The van der Waals surface area contributed by atoms with Crippen LogP contribution in [-0.4, -0.2) is 27.5 Å². The Labute approximate surface area is 129 Å². The van der Waals surface area contributed by atoms with E-state index in [1.54, 1.807) is 0 Å². The smallest absolute Gasteiger partial charge is 0.264 e. The van der Waals surface area contributed by atoms with Crippen molar-refractivity contribution >= 4 is 15.9 Å². The molecule has 0 spiro atoms. The summed E-state index contributed by atoms with van der Waals surface area (Å²) in [5, 5.41) is 0. The number of ether oxygens (including phenoxy) is 2. The molecule has 1 aromatic rings. The molecule has 7 heteroatoms. The quantitative estimate of drug-likeness (QED) is 0.852. The summed E-state index contributed by atoms with van der Waals surface area (Å²) < 4.78 is 37.2. The lowest BCUT2D eigenvalue weighted by Gasteiger charge is -2.18. The van der Waals surface area contributed by atoms with Gasteiger partial charge in [0.2, 0.25) is 0 Å². The highest BCUT2D eigenvalue weighted by Gasteiger charge is 2.25. The molecule has 0 saturated heterocycles. The number of benzene rings is 1. The molecule has 3 rings (SSSR count). The van der Waals surface area contributed by atoms with E-state index in [0.717, 1.165) is 18.4 Å². The molecule has 118 valence electrons. The number of carbonyl (C=O) groups excluding carboxylic acids is 1. The average molecular weight is 323 g/mol. The molecule has 0 unspecified atom stereocenters. The van der Waals surface area contributed by atoms with Gasteiger partial charge in [-0.25, -0.2) is 13.1 Å². The van der Waals surface area contributed by atoms with Crippen molar-refractivity contribution < 1.29 is 22.7 Å². The summed E-state index contributed by atoms with van der Waals surface area (Å²) in [5.41, 5.74) is 0.912. The maximum absolute atomic E-state index is 12.2. The summed E-state index contributed by atoms with van der Waals surface area (Å²) in [4.78, 5) is 11.8. The van der Waals surface area contributed by atoms with E-state index in [2.05, 4.69) is 4.72 Å². The summed E-state index contributed by atoms with van der Waals surface area (Å²) in [6.45, 7) is 2.64. The Hall–Kier alpha value is -2.02. The fraction of sp³-hybridized carbons (Fsp3) is 0.400. The molecule has 1 heterocycles. The molecule has 1 fully saturated rings. The van der Waals surface area contributed by atoms with Crippen LogP contribution in [-0.2, 0) is 14.8 Å². The first-order chi connectivity index (χ1) is 10.5. The number of fused-ring (bicyclic) bond motifs is 1. The number of hydrogen-bond acceptors (Lipinski definition) is 5. The number of rotatable bonds is 4. The first kappa shape index (κ1) is 14.9. The molecule has 0 aromatic heterocycles. The Bertz CT molecular complexity index is 734. The lowest BCUT2D eigenvalue weighted by Crippen LogP contribution is -2.29. The van der Waals surface area contributed by atoms with Gasteiger partial charge < -0.3 is 9.47 Å². The van der Waals surface area contributed by atoms with Gasteiger partial charge in [-0.1, -0.05) is 5.57 Å². The number of carbonyl (C=O) groups is 1. The van der Waals surface area contributed by atoms with Crippen LogP contribution in [0.2, 0.25) is 0 Å². The molecular formula is C15H17NO5S. The lowest BCUT2D eigenvalue weighted by atomic mass is 10.2. The van der Waals surface area contributed by atoms with Gasteiger partial charge in [0.15, 0.2) is 11.5 Å². The predicted octanol–water partition coefficient (Wildman–Crippen LogP) is 1.62. The summed E-state index contributed by atoms with van der Waals surface area (Å²) in [7, 11) is -3.92. The molecule has 1 aliphatic heterocycles. The Morgan fingerprint density at radius 2 is 1.91 bits per heavy atom. The van der Waals surface area contributed by atoms with Crippen LogP contribution in [0.25, 0.3) is 0 Å². The summed E-state index contributed by atoms with van der Waals surface area (Å²) in [6, 6.07) is 4.28. The lowest BCUT2D eigenvalue weighted by molar-refractivity contribution is -0.114. The molecule has 1 saturated carbocycles. The number of sulfonamides is 1. The monoisotopic (exact) mass is 323 g/mol. The third-order valence-electron chi connectivity index (χ3n) is 3.64. The molecule has 0 bridgehead atoms. The van der Waals surface area contributed by atoms with Crippen molar-refractivity contribution in [3.8, 4) is 11.5 Å². The zero-order chi connectivity index (χ0) is 15.7. The van der Waals surface area contributed by atoms with Crippen molar-refractivity contribution in [2.24, 2.45) is 5.92 Å². The van der Waals surface area contributed by atoms with Crippen LogP contribution in [0.3, 0.4) is 0 Å². The molecular weight excluding hydrogens is 306 g/mol. The first-order valence-electron chi connectivity index (χ1n) is 7.10. The Morgan fingerprint density at radius 1 is 1.23 bits per heavy atom. The minimum Gasteiger partial charge on any atom is -0.486 e. The zero-order valence-corrected chi connectivity index (χ0v) is 13.0. The highest BCUT2D eigenvalue weighted by molar-refractivity contribution is 7.90. The largest absolute Gasteiger partial charge is 0.486 e. The van der Waals surface area contributed by atoms with Crippen molar-refractivity contribution in [2.45, 2.75) is 24.7 Å². The fourth-order valence-corrected chi connectivity index (χ4v) is 3.23. The van der Waals surface area contributed by atoms with E-state index < -0.39 is 15.9 Å². The van der Waals surface area contributed by atoms with Crippen LogP contribution in [0, 0.1) is 5.92 Å². The van der Waals surface area contributed by atoms with Crippen molar-refractivity contribution in [1.82, 2.24) is 4.72 Å². The number of allylic oxidation sites excluding steroid dienone is 1. The minimum absolute atomic E-state index is 0.0254. The van der Waals surface area contributed by atoms with E-state index in [4.69, 9.17) is 9.47 Å². The van der Waals surface area contributed by atoms with Gasteiger partial charge in [0, 0.05) is 12.1 Å². The van der Waals surface area contributed by atoms with Crippen LogP contribution < -0.4 is 14.2 Å². The molecule has 22 heavy (non-hydrogen) atoms. The second-order valence-corrected chi connectivity index (χ2v) is 7.12. The standard InChI is InChI=1S/C15H17NO5S/c1-10(11-2-3-11)8-15(17)16-22(18,19)12-4-5-13-14(9-12)21-7-6-20-13/h4-5,8-9,11H,2-3,6-7H2,1H3,(H,16,17)/b10-8-. The third kappa shape index (κ3) is 3.24. The molecule has 6 nitrogen and oxygen atoms in total. The van der Waals surface area contributed by atoms with Gasteiger partial charge in [-0.15, -0.1) is 0 Å². The molecule has 1 amide bonds. The fourth-order valence-electron chi connectivity index (χ4n) is 2.27. The zero-order valence-electron chi connectivity index (χ0n) is 12.2. The van der Waals surface area contributed by atoms with E-state index in [1.807, 2.05) is 6.92 Å². The number of amides is 1. The SMILES string of the molecule is C/C(=C/C(=O)NS(=O)(=O)c1ccc2c(c1)OCCO2)C1CC1. The van der Waals surface area contributed by atoms with Crippen LogP contribution in [0.4, 0.5) is 0 Å². The van der Waals surface area contributed by atoms with Gasteiger partial charge in [0.25, 0.3) is 15.9 Å². The van der Waals surface area contributed by atoms with Gasteiger partial charge in [0.05, 0.1) is 4.90 Å². The molecule has 0 radical (unpaired) electrons. The summed E-state index contributed by atoms with van der Waals surface area (Å²) >= 11 is 0. The van der Waals surface area contributed by atoms with E-state index in [-0.39, 0.29) is 4.90 Å². The Balaban J connectivity index is 1.77. The highest BCUT2D eigenvalue weighted by atomic mass is 32.2. The predicted molar refractivity (Wildman–Crippen MR) is 79.2 cm³/mol. The van der Waals surface area contributed by atoms with Crippen LogP contribution in [0.15, 0.2) is 34.7 Å². The maximum Gasteiger partial charge on any atom is 0.264 e. The van der Waals surface area contributed by atoms with Crippen LogP contribution in [0.5, 0.6) is 11.5 Å². The minimum atomic E-state index is -3.92. The van der Waals surface area contributed by atoms with E-state index in [9.17, 15) is 13.2 Å². The van der Waals surface area contributed by atoms with Crippen LogP contribution in [0.1, 0.15) is 19.8 Å². The molecule has 2 aliphatic rings. The van der Waals surface area contributed by atoms with Gasteiger partial charge in [-0.3, -0.25) is 4.79 Å². The molecule has 1 aromatic carbocycles. The second kappa shape index (κ2) is 5.64. The van der Waals surface area contributed by atoms with Crippen molar-refractivity contribution in [1.29, 1.82) is 0 Å². The number of hydrogen-bond donors (Lipinski definition) is 1. The summed E-state index contributed by atoms with van der Waals surface area (Å²) in [5.74, 6) is 0.661. The van der Waals surface area contributed by atoms with Gasteiger partial charge >= 0.3 is 0 Å². The second-order valence-electron chi connectivity index (χ2n) is 5.44. The van der Waals surface area contributed by atoms with Crippen molar-refractivity contribution in [3.05, 3.63) is 29.8 Å². The highest BCUT2D eigenvalue weighted by Crippen LogP contribution is 2.36. The van der Waals surface area contributed by atoms with Gasteiger partial charge in [-0.2, -0.15) is 0 Å².